The van der Waals surface area contributed by atoms with Crippen molar-refractivity contribution in [1.82, 2.24) is 10.6 Å². The molecule has 0 bridgehead atoms. The van der Waals surface area contributed by atoms with Gasteiger partial charge < -0.3 is 14.2 Å². The first-order valence-corrected chi connectivity index (χ1v) is 18.0. The third-order valence-electron chi connectivity index (χ3n) is 7.58. The second-order valence-corrected chi connectivity index (χ2v) is 13.3. The largest absolute Gasteiger partial charge is 0.497 e. The number of hydrogen-bond acceptors (Lipinski definition) is 9. The molecule has 9 nitrogen and oxygen atoms in total. The van der Waals surface area contributed by atoms with Crippen LogP contribution in [-0.2, 0) is 40.1 Å². The van der Waals surface area contributed by atoms with E-state index in [0.29, 0.717) is 38.9 Å². The zero-order valence-corrected chi connectivity index (χ0v) is 29.4. The van der Waals surface area contributed by atoms with Crippen LogP contribution in [0.1, 0.15) is 22.3 Å². The number of nitrogens with one attached hydrogen (secondary N) is 2. The van der Waals surface area contributed by atoms with E-state index in [-0.39, 0.29) is 33.4 Å². The van der Waals surface area contributed by atoms with E-state index in [1.165, 1.54) is 23.9 Å². The zero-order valence-electron chi connectivity index (χ0n) is 27.8. The highest BCUT2D eigenvalue weighted by Crippen LogP contribution is 2.24. The molecule has 50 heavy (non-hydrogen) atoms. The van der Waals surface area contributed by atoms with Gasteiger partial charge in [-0.3, -0.25) is 29.8 Å². The normalized spacial score (nSPS) is 14.1. The molecular formula is C38H39FN2O7S2. The molecular weight excluding hydrogens is 680 g/mol. The second-order valence-electron chi connectivity index (χ2n) is 11.1. The minimum absolute atomic E-state index is 0.214. The lowest BCUT2D eigenvalue weighted by atomic mass is 10.1. The van der Waals surface area contributed by atoms with Crippen molar-refractivity contribution >= 4 is 47.0 Å². The Hall–Kier alpha value is -4.81. The highest BCUT2D eigenvalue weighted by Gasteiger charge is 2.31. The number of benzene rings is 4. The Morgan fingerprint density at radius 1 is 0.860 bits per heavy atom. The molecule has 1 fully saturated rings. The van der Waals surface area contributed by atoms with Crippen LogP contribution in [0, 0.1) is 5.82 Å². The molecule has 4 aromatic carbocycles. The van der Waals surface area contributed by atoms with E-state index in [4.69, 9.17) is 14.2 Å². The Bertz CT molecular complexity index is 1720. The first-order chi connectivity index (χ1) is 24.3. The van der Waals surface area contributed by atoms with E-state index in [1.54, 1.807) is 13.2 Å². The third-order valence-corrected chi connectivity index (χ3v) is 9.51. The van der Waals surface area contributed by atoms with E-state index >= 15 is 0 Å². The molecule has 0 radical (unpaired) electrons. The maximum absolute atomic E-state index is 13.1. The van der Waals surface area contributed by atoms with E-state index in [0.717, 1.165) is 57.7 Å². The molecule has 0 aliphatic carbocycles. The maximum Gasteiger partial charge on any atom is 0.286 e. The summed E-state index contributed by atoms with van der Waals surface area (Å²) in [6.45, 7) is 1.03. The van der Waals surface area contributed by atoms with E-state index < -0.39 is 0 Å². The molecule has 5 rings (SSSR count). The molecule has 4 aromatic rings. The van der Waals surface area contributed by atoms with Gasteiger partial charge in [-0.25, -0.2) is 4.39 Å². The summed E-state index contributed by atoms with van der Waals surface area (Å²) in [5.74, 6) is 1.59. The monoisotopic (exact) mass is 718 g/mol. The molecule has 1 aliphatic heterocycles. The predicted molar refractivity (Wildman–Crippen MR) is 195 cm³/mol. The number of carbonyl (C=O) groups is 4. The Kier molecular flexibility index (Phi) is 15.2. The lowest BCUT2D eigenvalue weighted by molar-refractivity contribution is -0.125. The van der Waals surface area contributed by atoms with Crippen LogP contribution in [0.3, 0.4) is 0 Å². The topological polar surface area (TPSA) is 120 Å². The standard InChI is InChI=1S/C19H20FNO3S.C19H19NO4S/c1-25-18(19(23)21-13-22)12-15-5-7-17(8-6-15)24-10-9-14-3-2-4-16(20)11-14;1-23-16-4-2-3-13(11-16)9-10-24-15-7-5-14(6-8-15)12-17-18(21)20-19(22)25-17/h2-8,11,13,18H,9-10,12H2,1H3,(H,21,22,23);2-8,11,17H,9-10,12H2,1H3,(H,20,21,22). The van der Waals surface area contributed by atoms with Crippen molar-refractivity contribution in [3.05, 3.63) is 125 Å². The summed E-state index contributed by atoms with van der Waals surface area (Å²) < 4.78 is 29.8. The van der Waals surface area contributed by atoms with Gasteiger partial charge in [0.05, 0.1) is 30.8 Å². The summed E-state index contributed by atoms with van der Waals surface area (Å²) in [7, 11) is 1.65. The lowest BCUT2D eigenvalue weighted by Gasteiger charge is -2.13. The van der Waals surface area contributed by atoms with E-state index in [1.807, 2.05) is 85.1 Å². The quantitative estimate of drug-likeness (QED) is 0.131. The number of thioether (sulfide) groups is 2. The predicted octanol–water partition coefficient (Wildman–Crippen LogP) is 6.20. The highest BCUT2D eigenvalue weighted by molar-refractivity contribution is 8.15. The van der Waals surface area contributed by atoms with E-state index in [2.05, 4.69) is 10.6 Å². The molecule has 1 heterocycles. The molecule has 1 aliphatic rings. The number of ether oxygens (including phenoxy) is 3. The first kappa shape index (κ1) is 38.0. The first-order valence-electron chi connectivity index (χ1n) is 15.9. The summed E-state index contributed by atoms with van der Waals surface area (Å²) in [6.07, 6.45) is 4.72. The molecule has 12 heteroatoms. The molecule has 4 amide bonds. The average molecular weight is 719 g/mol. The molecule has 1 saturated heterocycles. The van der Waals surface area contributed by atoms with Crippen molar-refractivity contribution in [2.75, 3.05) is 26.6 Å². The molecule has 2 unspecified atom stereocenters. The van der Waals surface area contributed by atoms with Crippen LogP contribution in [0.2, 0.25) is 0 Å². The summed E-state index contributed by atoms with van der Waals surface area (Å²) in [4.78, 5) is 44.9. The average Bonchev–Trinajstić information content (AvgIpc) is 3.44. The van der Waals surface area contributed by atoms with Crippen LogP contribution in [0.4, 0.5) is 9.18 Å². The number of amides is 4. The highest BCUT2D eigenvalue weighted by atomic mass is 32.2. The van der Waals surface area contributed by atoms with Gasteiger partial charge in [0, 0.05) is 12.8 Å². The van der Waals surface area contributed by atoms with Gasteiger partial charge in [-0.1, -0.05) is 60.3 Å². The molecule has 2 atom stereocenters. The van der Waals surface area contributed by atoms with Gasteiger partial charge in [0.2, 0.25) is 18.2 Å². The Morgan fingerprint density at radius 2 is 1.46 bits per heavy atom. The van der Waals surface area contributed by atoms with Gasteiger partial charge in [-0.15, -0.1) is 0 Å². The van der Waals surface area contributed by atoms with Gasteiger partial charge in [0.15, 0.2) is 0 Å². The molecule has 0 spiro atoms. The number of imide groups is 2. The van der Waals surface area contributed by atoms with E-state index in [9.17, 15) is 23.6 Å². The Morgan fingerprint density at radius 3 is 2.00 bits per heavy atom. The number of carbonyl (C=O) groups excluding carboxylic acids is 4. The van der Waals surface area contributed by atoms with Crippen LogP contribution < -0.4 is 24.8 Å². The third kappa shape index (κ3) is 12.6. The van der Waals surface area contributed by atoms with Crippen molar-refractivity contribution in [3.63, 3.8) is 0 Å². The Balaban J connectivity index is 0.000000225. The number of hydrogen-bond donors (Lipinski definition) is 2. The second kappa shape index (κ2) is 20.0. The van der Waals surface area contributed by atoms with Crippen molar-refractivity contribution in [2.45, 2.75) is 36.2 Å². The van der Waals surface area contributed by atoms with Crippen LogP contribution in [0.5, 0.6) is 17.2 Å². The maximum atomic E-state index is 13.1. The van der Waals surface area contributed by atoms with Gasteiger partial charge in [0.1, 0.15) is 23.1 Å². The van der Waals surface area contributed by atoms with Crippen LogP contribution >= 0.6 is 23.5 Å². The van der Waals surface area contributed by atoms with Crippen molar-refractivity contribution in [2.24, 2.45) is 0 Å². The molecule has 0 saturated carbocycles. The SMILES string of the molecule is COc1cccc(CCOc2ccc(CC3SC(=O)NC3=O)cc2)c1.CSC(Cc1ccc(OCCc2cccc(F)c2)cc1)C(=O)NC=O. The van der Waals surface area contributed by atoms with Gasteiger partial charge in [0.25, 0.3) is 5.24 Å². The fourth-order valence-electron chi connectivity index (χ4n) is 4.93. The van der Waals surface area contributed by atoms with Crippen molar-refractivity contribution in [3.8, 4) is 17.2 Å². The minimum Gasteiger partial charge on any atom is -0.497 e. The fraction of sp³-hybridized carbons (Fsp3) is 0.263. The van der Waals surface area contributed by atoms with Crippen LogP contribution in [0.25, 0.3) is 0 Å². The Labute approximate surface area is 299 Å². The summed E-state index contributed by atoms with van der Waals surface area (Å²) in [6, 6.07) is 29.5. The van der Waals surface area contributed by atoms with Crippen LogP contribution in [-0.4, -0.2) is 60.5 Å². The molecule has 0 aromatic heterocycles. The zero-order chi connectivity index (χ0) is 35.7. The fourth-order valence-corrected chi connectivity index (χ4v) is 6.43. The molecule has 2 N–H and O–H groups in total. The number of rotatable bonds is 16. The van der Waals surface area contributed by atoms with Crippen molar-refractivity contribution < 1.29 is 37.8 Å². The van der Waals surface area contributed by atoms with Crippen molar-refractivity contribution in [1.29, 1.82) is 0 Å². The minimum atomic E-state index is -0.340. The van der Waals surface area contributed by atoms with Gasteiger partial charge in [-0.05, 0) is 89.9 Å². The number of methoxy groups -OCH3 is 1. The summed E-state index contributed by atoms with van der Waals surface area (Å²) in [5.41, 5.74) is 4.03. The van der Waals surface area contributed by atoms with Gasteiger partial charge >= 0.3 is 0 Å². The summed E-state index contributed by atoms with van der Waals surface area (Å²) >= 11 is 2.44. The number of halogens is 1. The summed E-state index contributed by atoms with van der Waals surface area (Å²) in [5, 5.41) is 3.56. The van der Waals surface area contributed by atoms with Gasteiger partial charge in [-0.2, -0.15) is 11.8 Å². The lowest BCUT2D eigenvalue weighted by Crippen LogP contribution is -2.32. The van der Waals surface area contributed by atoms with Crippen LogP contribution in [0.15, 0.2) is 97.1 Å². The molecule has 262 valence electrons. The smallest absolute Gasteiger partial charge is 0.286 e.